The Bertz CT molecular complexity index is 685. The molecule has 0 saturated heterocycles. The Balaban J connectivity index is 1.96. The molecule has 0 fully saturated rings. The number of nitrogens with zero attached hydrogens (tertiary/aromatic N) is 6. The van der Waals surface area contributed by atoms with Crippen LogP contribution in [0.3, 0.4) is 0 Å². The van der Waals surface area contributed by atoms with E-state index in [1.165, 1.54) is 29.1 Å². The Labute approximate surface area is 118 Å². The Morgan fingerprint density at radius 1 is 1.10 bits per heavy atom. The highest BCUT2D eigenvalue weighted by molar-refractivity contribution is 7.99. The maximum atomic E-state index is 5.38. The van der Waals surface area contributed by atoms with Gasteiger partial charge in [-0.05, 0) is 23.9 Å². The van der Waals surface area contributed by atoms with Gasteiger partial charge in [0, 0.05) is 4.90 Å². The van der Waals surface area contributed by atoms with Crippen molar-refractivity contribution in [3.63, 3.8) is 0 Å². The molecule has 0 spiro atoms. The van der Waals surface area contributed by atoms with Gasteiger partial charge in [-0.25, -0.2) is 10.8 Å². The van der Waals surface area contributed by atoms with Crippen molar-refractivity contribution in [3.05, 3.63) is 43.0 Å². The summed E-state index contributed by atoms with van der Waals surface area (Å²) in [4.78, 5) is 17.5. The van der Waals surface area contributed by atoms with E-state index < -0.39 is 0 Å². The molecule has 8 nitrogen and oxygen atoms in total. The van der Waals surface area contributed by atoms with Gasteiger partial charge in [-0.1, -0.05) is 18.2 Å². The van der Waals surface area contributed by atoms with Gasteiger partial charge < -0.3 is 0 Å². The van der Waals surface area contributed by atoms with Crippen LogP contribution in [-0.2, 0) is 0 Å². The largest absolute Gasteiger partial charge is 0.292 e. The average Bonchev–Trinajstić information content (AvgIpc) is 3.02. The summed E-state index contributed by atoms with van der Waals surface area (Å²) in [5, 5.41) is 4.50. The zero-order valence-corrected chi connectivity index (χ0v) is 11.0. The molecule has 0 unspecified atom stereocenters. The molecule has 0 saturated carbocycles. The molecule has 2 heterocycles. The highest BCUT2D eigenvalue weighted by atomic mass is 32.2. The van der Waals surface area contributed by atoms with Crippen molar-refractivity contribution in [2.45, 2.75) is 10.1 Å². The Morgan fingerprint density at radius 2 is 1.95 bits per heavy atom. The smallest absolute Gasteiger partial charge is 0.257 e. The summed E-state index contributed by atoms with van der Waals surface area (Å²) in [6, 6.07) is 9.79. The van der Waals surface area contributed by atoms with E-state index in [1.54, 1.807) is 0 Å². The van der Waals surface area contributed by atoms with Crippen LogP contribution in [0.4, 0.5) is 5.95 Å². The lowest BCUT2D eigenvalue weighted by Gasteiger charge is -2.05. The fourth-order valence-corrected chi connectivity index (χ4v) is 2.23. The Hall–Kier alpha value is -2.52. The van der Waals surface area contributed by atoms with Crippen LogP contribution in [0.5, 0.6) is 0 Å². The van der Waals surface area contributed by atoms with Crippen LogP contribution in [0.2, 0.25) is 0 Å². The van der Waals surface area contributed by atoms with E-state index >= 15 is 0 Å². The van der Waals surface area contributed by atoms with Gasteiger partial charge in [-0.15, -0.1) is 0 Å². The van der Waals surface area contributed by atoms with Crippen LogP contribution in [0.25, 0.3) is 5.95 Å². The lowest BCUT2D eigenvalue weighted by atomic mass is 10.4. The Kier molecular flexibility index (Phi) is 3.52. The number of benzene rings is 1. The number of hydrogen-bond donors (Lipinski definition) is 2. The average molecular weight is 286 g/mol. The van der Waals surface area contributed by atoms with Crippen molar-refractivity contribution in [1.82, 2.24) is 29.7 Å². The molecule has 100 valence electrons. The van der Waals surface area contributed by atoms with Gasteiger partial charge in [0.2, 0.25) is 5.95 Å². The maximum Gasteiger partial charge on any atom is 0.257 e. The number of nitrogens with two attached hydrogens (primary N) is 1. The molecule has 0 aliphatic rings. The first-order valence-corrected chi connectivity index (χ1v) is 6.47. The van der Waals surface area contributed by atoms with E-state index in [4.69, 9.17) is 5.84 Å². The standard InChI is InChI=1S/C11H10N8S/c12-18-9-15-10(19-7-13-6-14-19)17-11(16-9)20-8-4-2-1-3-5-8/h1-7H,12H2,(H,15,16,17,18). The van der Waals surface area contributed by atoms with E-state index in [0.717, 1.165) is 4.90 Å². The molecule has 2 aromatic heterocycles. The van der Waals surface area contributed by atoms with E-state index in [9.17, 15) is 0 Å². The number of nitrogen functional groups attached to an aromatic ring is 1. The molecule has 0 bridgehead atoms. The first kappa shape index (κ1) is 12.5. The van der Waals surface area contributed by atoms with Crippen LogP contribution >= 0.6 is 11.8 Å². The second-order valence-corrected chi connectivity index (χ2v) is 4.68. The van der Waals surface area contributed by atoms with Crippen molar-refractivity contribution in [1.29, 1.82) is 0 Å². The van der Waals surface area contributed by atoms with E-state index in [2.05, 4.69) is 30.5 Å². The van der Waals surface area contributed by atoms with Crippen molar-refractivity contribution < 1.29 is 0 Å². The number of rotatable bonds is 4. The fourth-order valence-electron chi connectivity index (χ4n) is 1.46. The molecule has 3 rings (SSSR count). The Morgan fingerprint density at radius 3 is 2.65 bits per heavy atom. The molecule has 0 aliphatic heterocycles. The van der Waals surface area contributed by atoms with E-state index in [-0.39, 0.29) is 5.95 Å². The lowest BCUT2D eigenvalue weighted by molar-refractivity contribution is 0.759. The lowest BCUT2D eigenvalue weighted by Crippen LogP contribution is -2.14. The molecule has 3 aromatic rings. The second kappa shape index (κ2) is 5.63. The first-order valence-electron chi connectivity index (χ1n) is 5.66. The molecule has 3 N–H and O–H groups in total. The summed E-state index contributed by atoms with van der Waals surface area (Å²) < 4.78 is 1.44. The third-order valence-electron chi connectivity index (χ3n) is 2.31. The quantitative estimate of drug-likeness (QED) is 0.538. The molecular weight excluding hydrogens is 276 g/mol. The third kappa shape index (κ3) is 2.73. The minimum absolute atomic E-state index is 0.268. The number of anilines is 1. The van der Waals surface area contributed by atoms with Gasteiger partial charge in [0.15, 0.2) is 5.16 Å². The third-order valence-corrected chi connectivity index (χ3v) is 3.18. The van der Waals surface area contributed by atoms with Crippen molar-refractivity contribution >= 4 is 17.7 Å². The van der Waals surface area contributed by atoms with Crippen LogP contribution < -0.4 is 11.3 Å². The monoisotopic (exact) mass is 286 g/mol. The van der Waals surface area contributed by atoms with Gasteiger partial charge in [-0.3, -0.25) is 5.43 Å². The van der Waals surface area contributed by atoms with Gasteiger partial charge in [-0.2, -0.15) is 24.7 Å². The number of hydrazine groups is 1. The summed E-state index contributed by atoms with van der Waals surface area (Å²) in [5.41, 5.74) is 2.42. The zero-order chi connectivity index (χ0) is 13.8. The molecule has 0 aliphatic carbocycles. The van der Waals surface area contributed by atoms with Crippen LogP contribution in [-0.4, -0.2) is 29.7 Å². The predicted molar refractivity (Wildman–Crippen MR) is 73.1 cm³/mol. The van der Waals surface area contributed by atoms with Gasteiger partial charge in [0.05, 0.1) is 0 Å². The fraction of sp³-hybridized carbons (Fsp3) is 0. The van der Waals surface area contributed by atoms with E-state index in [1.807, 2.05) is 30.3 Å². The summed E-state index contributed by atoms with van der Waals surface area (Å²) >= 11 is 1.41. The molecule has 20 heavy (non-hydrogen) atoms. The SMILES string of the molecule is NNc1nc(Sc2ccccc2)nc(-n2cncn2)n1. The van der Waals surface area contributed by atoms with Gasteiger partial charge >= 0.3 is 0 Å². The minimum Gasteiger partial charge on any atom is -0.292 e. The number of nitrogens with one attached hydrogen (secondary N) is 1. The summed E-state index contributed by atoms with van der Waals surface area (Å²) in [5.74, 6) is 6.00. The number of hydrogen-bond acceptors (Lipinski definition) is 8. The van der Waals surface area contributed by atoms with Crippen LogP contribution in [0.15, 0.2) is 53.0 Å². The highest BCUT2D eigenvalue weighted by Gasteiger charge is 2.09. The molecule has 9 heteroatoms. The van der Waals surface area contributed by atoms with Gasteiger partial charge in [0.1, 0.15) is 12.7 Å². The topological polar surface area (TPSA) is 107 Å². The number of aromatic nitrogens is 6. The zero-order valence-electron chi connectivity index (χ0n) is 10.2. The van der Waals surface area contributed by atoms with Crippen molar-refractivity contribution in [2.24, 2.45) is 5.84 Å². The van der Waals surface area contributed by atoms with Gasteiger partial charge in [0.25, 0.3) is 5.95 Å². The second-order valence-electron chi connectivity index (χ2n) is 3.64. The van der Waals surface area contributed by atoms with E-state index in [0.29, 0.717) is 11.1 Å². The predicted octanol–water partition coefficient (Wildman–Crippen LogP) is 0.889. The molecule has 0 amide bonds. The molecule has 0 atom stereocenters. The normalized spacial score (nSPS) is 10.4. The first-order chi connectivity index (χ1) is 9.85. The minimum atomic E-state index is 0.268. The molecular formula is C11H10N8S. The summed E-state index contributed by atoms with van der Waals surface area (Å²) in [6.45, 7) is 0. The molecule has 0 radical (unpaired) electrons. The summed E-state index contributed by atoms with van der Waals surface area (Å²) in [7, 11) is 0. The van der Waals surface area contributed by atoms with Crippen molar-refractivity contribution in [3.8, 4) is 5.95 Å². The van der Waals surface area contributed by atoms with Crippen molar-refractivity contribution in [2.75, 3.05) is 5.43 Å². The maximum absolute atomic E-state index is 5.38. The highest BCUT2D eigenvalue weighted by Crippen LogP contribution is 2.24. The molecule has 1 aromatic carbocycles. The van der Waals surface area contributed by atoms with Crippen LogP contribution in [0.1, 0.15) is 0 Å². The summed E-state index contributed by atoms with van der Waals surface area (Å²) in [6.07, 6.45) is 2.91. The van der Waals surface area contributed by atoms with Crippen LogP contribution in [0, 0.1) is 0 Å².